The zero-order valence-corrected chi connectivity index (χ0v) is 14.3. The number of aromatic nitrogens is 1. The first-order valence-electron chi connectivity index (χ1n) is 7.00. The van der Waals surface area contributed by atoms with E-state index in [0.29, 0.717) is 11.3 Å². The van der Waals surface area contributed by atoms with Crippen molar-refractivity contribution in [1.82, 2.24) is 5.16 Å². The third-order valence-electron chi connectivity index (χ3n) is 3.52. The van der Waals surface area contributed by atoms with Gasteiger partial charge in [0.1, 0.15) is 15.5 Å². The van der Waals surface area contributed by atoms with Gasteiger partial charge >= 0.3 is 0 Å². The molecule has 0 aliphatic carbocycles. The van der Waals surface area contributed by atoms with Crippen LogP contribution in [-0.4, -0.2) is 24.2 Å². The number of amides is 1. The molecule has 0 atom stereocenters. The van der Waals surface area contributed by atoms with E-state index in [9.17, 15) is 17.6 Å². The van der Waals surface area contributed by atoms with Gasteiger partial charge in [0.05, 0.1) is 0 Å². The van der Waals surface area contributed by atoms with E-state index in [2.05, 4.69) is 17.1 Å². The topological polar surface area (TPSA) is 89.3 Å². The highest BCUT2D eigenvalue weighted by molar-refractivity contribution is 7.93. The summed E-state index contributed by atoms with van der Waals surface area (Å²) in [6.45, 7) is 7.76. The SMILES string of the molecule is C=C(C)c1cc(NC(=O)C(C)(C)S(=O)(=O)c2ccccc2F)no1. The Morgan fingerprint density at radius 2 is 1.96 bits per heavy atom. The molecule has 0 fully saturated rings. The summed E-state index contributed by atoms with van der Waals surface area (Å²) < 4.78 is 42.2. The Labute approximate surface area is 139 Å². The second-order valence-electron chi connectivity index (χ2n) is 5.76. The highest BCUT2D eigenvalue weighted by Gasteiger charge is 2.44. The molecule has 1 aromatic carbocycles. The van der Waals surface area contributed by atoms with Gasteiger partial charge in [-0.2, -0.15) is 0 Å². The van der Waals surface area contributed by atoms with Gasteiger partial charge in [0.15, 0.2) is 21.4 Å². The molecule has 0 unspecified atom stereocenters. The lowest BCUT2D eigenvalue weighted by atomic mass is 10.2. The first-order chi connectivity index (χ1) is 11.1. The molecule has 24 heavy (non-hydrogen) atoms. The molecule has 0 aliphatic heterocycles. The fraction of sp³-hybridized carbons (Fsp3) is 0.250. The van der Waals surface area contributed by atoms with Crippen LogP contribution in [0.15, 0.2) is 46.3 Å². The zero-order chi connectivity index (χ0) is 18.1. The maximum Gasteiger partial charge on any atom is 0.246 e. The van der Waals surface area contributed by atoms with Gasteiger partial charge in [0.25, 0.3) is 0 Å². The predicted octanol–water partition coefficient (Wildman–Crippen LogP) is 3.04. The molecule has 1 amide bonds. The molecule has 128 valence electrons. The number of hydrogen-bond donors (Lipinski definition) is 1. The first kappa shape index (κ1) is 17.9. The smallest absolute Gasteiger partial charge is 0.246 e. The second-order valence-corrected chi connectivity index (χ2v) is 8.22. The van der Waals surface area contributed by atoms with E-state index in [1.165, 1.54) is 32.0 Å². The Kier molecular flexibility index (Phi) is 4.61. The van der Waals surface area contributed by atoms with Crippen LogP contribution in [0.4, 0.5) is 10.2 Å². The third kappa shape index (κ3) is 3.09. The fourth-order valence-electron chi connectivity index (χ4n) is 1.86. The van der Waals surface area contributed by atoms with Crippen molar-refractivity contribution >= 4 is 27.1 Å². The van der Waals surface area contributed by atoms with E-state index in [4.69, 9.17) is 4.52 Å². The summed E-state index contributed by atoms with van der Waals surface area (Å²) in [5, 5.41) is 5.99. The molecule has 1 N–H and O–H groups in total. The van der Waals surface area contributed by atoms with Crippen LogP contribution < -0.4 is 5.32 Å². The number of carbonyl (C=O) groups excluding carboxylic acids is 1. The highest BCUT2D eigenvalue weighted by Crippen LogP contribution is 2.28. The van der Waals surface area contributed by atoms with Crippen molar-refractivity contribution < 1.29 is 22.1 Å². The first-order valence-corrected chi connectivity index (χ1v) is 8.49. The number of nitrogens with one attached hydrogen (secondary N) is 1. The molecule has 0 saturated heterocycles. The summed E-state index contributed by atoms with van der Waals surface area (Å²) in [5.74, 6) is -1.36. The van der Waals surface area contributed by atoms with Crippen LogP contribution in [0.2, 0.25) is 0 Å². The van der Waals surface area contributed by atoms with Crippen molar-refractivity contribution in [3.8, 4) is 0 Å². The molecule has 0 saturated carbocycles. The normalized spacial score (nSPS) is 12.0. The van der Waals surface area contributed by atoms with Crippen molar-refractivity contribution in [3.63, 3.8) is 0 Å². The van der Waals surface area contributed by atoms with Crippen LogP contribution in [0.25, 0.3) is 5.57 Å². The molecule has 0 radical (unpaired) electrons. The van der Waals surface area contributed by atoms with Crippen LogP contribution in [0, 0.1) is 5.82 Å². The van der Waals surface area contributed by atoms with Gasteiger partial charge in [0, 0.05) is 6.07 Å². The lowest BCUT2D eigenvalue weighted by molar-refractivity contribution is -0.117. The van der Waals surface area contributed by atoms with Gasteiger partial charge in [-0.3, -0.25) is 4.79 Å². The molecule has 6 nitrogen and oxygen atoms in total. The summed E-state index contributed by atoms with van der Waals surface area (Å²) in [6.07, 6.45) is 0. The van der Waals surface area contributed by atoms with E-state index in [0.717, 1.165) is 12.1 Å². The van der Waals surface area contributed by atoms with E-state index < -0.39 is 31.2 Å². The number of halogens is 1. The van der Waals surface area contributed by atoms with Crippen LogP contribution in [-0.2, 0) is 14.6 Å². The van der Waals surface area contributed by atoms with Crippen molar-refractivity contribution in [2.75, 3.05) is 5.32 Å². The summed E-state index contributed by atoms with van der Waals surface area (Å²) in [4.78, 5) is 11.9. The maximum absolute atomic E-state index is 13.9. The Morgan fingerprint density at radius 3 is 2.50 bits per heavy atom. The lowest BCUT2D eigenvalue weighted by Crippen LogP contribution is -2.44. The molecule has 1 heterocycles. The quantitative estimate of drug-likeness (QED) is 0.893. The van der Waals surface area contributed by atoms with E-state index in [-0.39, 0.29) is 5.82 Å². The van der Waals surface area contributed by atoms with Crippen molar-refractivity contribution in [2.24, 2.45) is 0 Å². The zero-order valence-electron chi connectivity index (χ0n) is 13.5. The van der Waals surface area contributed by atoms with Crippen LogP contribution in [0.1, 0.15) is 26.5 Å². The average Bonchev–Trinajstić information content (AvgIpc) is 2.96. The molecule has 0 aliphatic rings. The molecule has 2 aromatic rings. The molecule has 8 heteroatoms. The maximum atomic E-state index is 13.9. The predicted molar refractivity (Wildman–Crippen MR) is 87.5 cm³/mol. The minimum absolute atomic E-state index is 0.0507. The van der Waals surface area contributed by atoms with Crippen molar-refractivity contribution in [3.05, 3.63) is 48.5 Å². The van der Waals surface area contributed by atoms with Crippen molar-refractivity contribution in [1.29, 1.82) is 0 Å². The second kappa shape index (κ2) is 6.20. The Hall–Kier alpha value is -2.48. The van der Waals surface area contributed by atoms with Gasteiger partial charge in [-0.25, -0.2) is 12.8 Å². The van der Waals surface area contributed by atoms with Gasteiger partial charge in [-0.05, 0) is 38.5 Å². The average molecular weight is 352 g/mol. The van der Waals surface area contributed by atoms with E-state index in [1.807, 2.05) is 0 Å². The third-order valence-corrected chi connectivity index (χ3v) is 5.96. The number of anilines is 1. The summed E-state index contributed by atoms with van der Waals surface area (Å²) in [5.41, 5.74) is 0.598. The van der Waals surface area contributed by atoms with Crippen LogP contribution >= 0.6 is 0 Å². The summed E-state index contributed by atoms with van der Waals surface area (Å²) in [7, 11) is -4.26. The van der Waals surface area contributed by atoms with Crippen molar-refractivity contribution in [2.45, 2.75) is 30.4 Å². The van der Waals surface area contributed by atoms with Crippen LogP contribution in [0.3, 0.4) is 0 Å². The van der Waals surface area contributed by atoms with E-state index in [1.54, 1.807) is 6.92 Å². The number of hydrogen-bond acceptors (Lipinski definition) is 5. The van der Waals surface area contributed by atoms with Gasteiger partial charge in [-0.15, -0.1) is 0 Å². The number of rotatable bonds is 5. The summed E-state index contributed by atoms with van der Waals surface area (Å²) >= 11 is 0. The Balaban J connectivity index is 2.32. The molecule has 1 aromatic heterocycles. The highest BCUT2D eigenvalue weighted by atomic mass is 32.2. The number of sulfone groups is 1. The number of carbonyl (C=O) groups is 1. The fourth-order valence-corrected chi connectivity index (χ4v) is 3.29. The lowest BCUT2D eigenvalue weighted by Gasteiger charge is -2.23. The molecular formula is C16H17FN2O4S. The largest absolute Gasteiger partial charge is 0.354 e. The number of benzene rings is 1. The molecular weight excluding hydrogens is 335 g/mol. The van der Waals surface area contributed by atoms with Crippen LogP contribution in [0.5, 0.6) is 0 Å². The number of nitrogens with zero attached hydrogens (tertiary/aromatic N) is 1. The molecule has 0 bridgehead atoms. The minimum atomic E-state index is -4.26. The van der Waals surface area contributed by atoms with Gasteiger partial charge in [-0.1, -0.05) is 23.9 Å². The monoisotopic (exact) mass is 352 g/mol. The molecule has 0 spiro atoms. The van der Waals surface area contributed by atoms with Gasteiger partial charge < -0.3 is 9.84 Å². The Morgan fingerprint density at radius 1 is 1.33 bits per heavy atom. The van der Waals surface area contributed by atoms with E-state index >= 15 is 0 Å². The summed E-state index contributed by atoms with van der Waals surface area (Å²) in [6, 6.07) is 6.33. The number of allylic oxidation sites excluding steroid dienone is 1. The minimum Gasteiger partial charge on any atom is -0.354 e. The Bertz CT molecular complexity index is 900. The van der Waals surface area contributed by atoms with Gasteiger partial charge in [0.2, 0.25) is 5.91 Å². The molecule has 2 rings (SSSR count). The standard InChI is InChI=1S/C16H17FN2O4S/c1-10(2)12-9-14(19-23-12)18-15(20)16(3,4)24(21,22)13-8-6-5-7-11(13)17/h5-9H,1H2,2-4H3,(H,18,19,20).